The largest absolute Gasteiger partial charge is 0.386 e. The van der Waals surface area contributed by atoms with E-state index in [0.717, 1.165) is 11.0 Å². The summed E-state index contributed by atoms with van der Waals surface area (Å²) >= 11 is 0. The third-order valence-corrected chi connectivity index (χ3v) is 3.06. The fourth-order valence-electron chi connectivity index (χ4n) is 1.74. The number of hydrogen-bond donors (Lipinski definition) is 2. The zero-order valence-corrected chi connectivity index (χ0v) is 9.78. The van der Waals surface area contributed by atoms with Gasteiger partial charge in [0, 0.05) is 0 Å². The minimum absolute atomic E-state index is 0.146. The van der Waals surface area contributed by atoms with Crippen LogP contribution in [-0.2, 0) is 0 Å². The molecule has 0 aliphatic heterocycles. The van der Waals surface area contributed by atoms with Gasteiger partial charge in [-0.1, -0.05) is 0 Å². The number of hydrogen-bond acceptors (Lipinski definition) is 2. The van der Waals surface area contributed by atoms with Crippen molar-refractivity contribution in [2.75, 3.05) is 0 Å². The lowest BCUT2D eigenvalue weighted by Gasteiger charge is -2.12. The van der Waals surface area contributed by atoms with Crippen molar-refractivity contribution in [1.29, 1.82) is 5.41 Å². The Bertz CT molecular complexity index is 553. The van der Waals surface area contributed by atoms with E-state index in [2.05, 4.69) is 31.0 Å². The molecule has 0 spiro atoms. The monoisotopic (exact) mass is 216 g/mol. The third kappa shape index (κ3) is 1.56. The van der Waals surface area contributed by atoms with Crippen molar-refractivity contribution in [3.63, 3.8) is 0 Å². The van der Waals surface area contributed by atoms with E-state index >= 15 is 0 Å². The van der Waals surface area contributed by atoms with E-state index in [0.29, 0.717) is 0 Å². The van der Waals surface area contributed by atoms with Gasteiger partial charge >= 0.3 is 0 Å². The Morgan fingerprint density at radius 2 is 2.00 bits per heavy atom. The molecule has 0 bridgehead atoms. The number of nitrogens with zero attached hydrogens (tertiary/aromatic N) is 2. The number of aromatic nitrogens is 2. The average molecular weight is 216 g/mol. The average Bonchev–Trinajstić information content (AvgIpc) is 2.60. The van der Waals surface area contributed by atoms with Gasteiger partial charge in [-0.3, -0.25) is 5.41 Å². The highest BCUT2D eigenvalue weighted by Gasteiger charge is 2.12. The van der Waals surface area contributed by atoms with E-state index in [1.165, 1.54) is 11.1 Å². The van der Waals surface area contributed by atoms with Crippen molar-refractivity contribution in [3.8, 4) is 0 Å². The van der Waals surface area contributed by atoms with Gasteiger partial charge in [0.25, 0.3) is 0 Å². The summed E-state index contributed by atoms with van der Waals surface area (Å²) in [4.78, 5) is 4.33. The molecule has 1 heterocycles. The Hall–Kier alpha value is -1.84. The van der Waals surface area contributed by atoms with Gasteiger partial charge in [-0.2, -0.15) is 0 Å². The fraction of sp³-hybridized carbons (Fsp3) is 0.333. The first-order valence-corrected chi connectivity index (χ1v) is 5.28. The highest BCUT2D eigenvalue weighted by Crippen LogP contribution is 2.21. The van der Waals surface area contributed by atoms with Crippen LogP contribution in [0, 0.1) is 19.3 Å². The smallest absolute Gasteiger partial charge is 0.114 e. The summed E-state index contributed by atoms with van der Waals surface area (Å²) in [5.41, 5.74) is 9.97. The normalized spacial score (nSPS) is 12.9. The molecule has 0 saturated heterocycles. The molecule has 2 aromatic rings. The molecule has 1 aromatic carbocycles. The Balaban J connectivity index is 2.65. The van der Waals surface area contributed by atoms with Gasteiger partial charge in [-0.15, -0.1) is 0 Å². The SMILES string of the molecule is Cc1cc2ncn(C(C)C(=N)N)c2cc1C. The number of fused-ring (bicyclic) bond motifs is 1. The Morgan fingerprint density at radius 3 is 2.62 bits per heavy atom. The van der Waals surface area contributed by atoms with Gasteiger partial charge < -0.3 is 10.3 Å². The van der Waals surface area contributed by atoms with E-state index in [-0.39, 0.29) is 11.9 Å². The molecule has 2 rings (SSSR count). The minimum atomic E-state index is -0.146. The van der Waals surface area contributed by atoms with Crippen LogP contribution in [0.3, 0.4) is 0 Å². The van der Waals surface area contributed by atoms with Gasteiger partial charge in [-0.25, -0.2) is 4.98 Å². The summed E-state index contributed by atoms with van der Waals surface area (Å²) in [5.74, 6) is 0.150. The summed E-state index contributed by atoms with van der Waals surface area (Å²) in [6.07, 6.45) is 1.75. The first-order chi connectivity index (χ1) is 7.50. The van der Waals surface area contributed by atoms with Crippen molar-refractivity contribution in [1.82, 2.24) is 9.55 Å². The van der Waals surface area contributed by atoms with Gasteiger partial charge in [-0.05, 0) is 44.0 Å². The molecule has 0 radical (unpaired) electrons. The number of nitrogens with two attached hydrogens (primary N) is 1. The van der Waals surface area contributed by atoms with Gasteiger partial charge in [0.1, 0.15) is 5.84 Å². The molecular formula is C12H16N4. The molecule has 1 unspecified atom stereocenters. The molecule has 0 aliphatic carbocycles. The Labute approximate surface area is 94.6 Å². The molecule has 16 heavy (non-hydrogen) atoms. The number of imidazole rings is 1. The van der Waals surface area contributed by atoms with Crippen molar-refractivity contribution in [2.24, 2.45) is 5.73 Å². The first-order valence-electron chi connectivity index (χ1n) is 5.28. The van der Waals surface area contributed by atoms with E-state index < -0.39 is 0 Å². The first kappa shape index (κ1) is 10.7. The molecule has 0 saturated carbocycles. The zero-order chi connectivity index (χ0) is 11.9. The minimum Gasteiger partial charge on any atom is -0.386 e. The molecule has 84 valence electrons. The van der Waals surface area contributed by atoms with Crippen LogP contribution in [-0.4, -0.2) is 15.4 Å². The molecular weight excluding hydrogens is 200 g/mol. The summed E-state index contributed by atoms with van der Waals surface area (Å²) < 4.78 is 1.93. The molecule has 0 amide bonds. The van der Waals surface area contributed by atoms with Crippen LogP contribution in [0.4, 0.5) is 0 Å². The molecule has 3 N–H and O–H groups in total. The second-order valence-corrected chi connectivity index (χ2v) is 4.21. The van der Waals surface area contributed by atoms with Crippen molar-refractivity contribution >= 4 is 16.9 Å². The molecule has 4 heteroatoms. The third-order valence-electron chi connectivity index (χ3n) is 3.06. The number of nitrogens with one attached hydrogen (secondary N) is 1. The van der Waals surface area contributed by atoms with E-state index in [9.17, 15) is 0 Å². The van der Waals surface area contributed by atoms with Crippen molar-refractivity contribution in [2.45, 2.75) is 26.8 Å². The summed E-state index contributed by atoms with van der Waals surface area (Å²) in [5, 5.41) is 7.48. The van der Waals surface area contributed by atoms with Crippen LogP contribution >= 0.6 is 0 Å². The van der Waals surface area contributed by atoms with Crippen molar-refractivity contribution in [3.05, 3.63) is 29.6 Å². The zero-order valence-electron chi connectivity index (χ0n) is 9.78. The maximum Gasteiger partial charge on any atom is 0.114 e. The summed E-state index contributed by atoms with van der Waals surface area (Å²) in [7, 11) is 0. The summed E-state index contributed by atoms with van der Waals surface area (Å²) in [6, 6.07) is 4.01. The van der Waals surface area contributed by atoms with Crippen LogP contribution in [0.5, 0.6) is 0 Å². The lowest BCUT2D eigenvalue weighted by molar-refractivity contribution is 0.706. The van der Waals surface area contributed by atoms with Crippen LogP contribution in [0.1, 0.15) is 24.1 Å². The predicted molar refractivity (Wildman–Crippen MR) is 65.8 cm³/mol. The molecule has 1 aromatic heterocycles. The number of aryl methyl sites for hydroxylation is 2. The van der Waals surface area contributed by atoms with Crippen LogP contribution < -0.4 is 5.73 Å². The van der Waals surface area contributed by atoms with E-state index in [1.807, 2.05) is 11.5 Å². The number of amidine groups is 1. The number of benzene rings is 1. The van der Waals surface area contributed by atoms with Gasteiger partial charge in [0.05, 0.1) is 23.4 Å². The van der Waals surface area contributed by atoms with Crippen LogP contribution in [0.25, 0.3) is 11.0 Å². The maximum atomic E-state index is 7.48. The molecule has 1 atom stereocenters. The lowest BCUT2D eigenvalue weighted by Crippen LogP contribution is -2.22. The standard InChI is InChI=1S/C12H16N4/c1-7-4-10-11(5-8(7)2)16(6-15-10)9(3)12(13)14/h4-6,9H,1-3H3,(H3,13,14). The maximum absolute atomic E-state index is 7.48. The van der Waals surface area contributed by atoms with Gasteiger partial charge in [0.15, 0.2) is 0 Å². The van der Waals surface area contributed by atoms with Crippen LogP contribution in [0.15, 0.2) is 18.5 Å². The highest BCUT2D eigenvalue weighted by atomic mass is 15.1. The van der Waals surface area contributed by atoms with E-state index in [4.69, 9.17) is 11.1 Å². The Morgan fingerprint density at radius 1 is 1.38 bits per heavy atom. The molecule has 4 nitrogen and oxygen atoms in total. The number of rotatable bonds is 2. The fourth-order valence-corrected chi connectivity index (χ4v) is 1.74. The molecule has 0 fully saturated rings. The second kappa shape index (κ2) is 3.63. The predicted octanol–water partition coefficient (Wildman–Crippen LogP) is 2.15. The van der Waals surface area contributed by atoms with E-state index in [1.54, 1.807) is 6.33 Å². The molecule has 0 aliphatic rings. The highest BCUT2D eigenvalue weighted by molar-refractivity contribution is 5.84. The Kier molecular flexibility index (Phi) is 2.42. The second-order valence-electron chi connectivity index (χ2n) is 4.21. The van der Waals surface area contributed by atoms with Crippen molar-refractivity contribution < 1.29 is 0 Å². The van der Waals surface area contributed by atoms with Crippen LogP contribution in [0.2, 0.25) is 0 Å². The quantitative estimate of drug-likeness (QED) is 0.596. The van der Waals surface area contributed by atoms with Gasteiger partial charge in [0.2, 0.25) is 0 Å². The summed E-state index contributed by atoms with van der Waals surface area (Å²) in [6.45, 7) is 6.05. The lowest BCUT2D eigenvalue weighted by atomic mass is 10.1. The topological polar surface area (TPSA) is 67.7 Å².